The fraction of sp³-hybridized carbons (Fsp3) is 0.250. The first-order valence-electron chi connectivity index (χ1n) is 6.74. The van der Waals surface area contributed by atoms with Crippen molar-refractivity contribution in [3.8, 4) is 11.5 Å². The zero-order valence-corrected chi connectivity index (χ0v) is 13.6. The van der Waals surface area contributed by atoms with Crippen molar-refractivity contribution in [3.05, 3.63) is 48.0 Å². The molecular weight excluding hydrogens is 320 g/mol. The third kappa shape index (κ3) is 5.03. The van der Waals surface area contributed by atoms with Crippen molar-refractivity contribution in [2.45, 2.75) is 0 Å². The van der Waals surface area contributed by atoms with Gasteiger partial charge in [0.2, 0.25) is 0 Å². The molecule has 0 radical (unpaired) electrons. The van der Waals surface area contributed by atoms with E-state index in [2.05, 4.69) is 13.2 Å². The van der Waals surface area contributed by atoms with Gasteiger partial charge in [0.15, 0.2) is 18.1 Å². The van der Waals surface area contributed by atoms with Crippen molar-refractivity contribution in [2.24, 2.45) is 5.73 Å². The van der Waals surface area contributed by atoms with Crippen LogP contribution in [0.15, 0.2) is 37.4 Å². The molecule has 0 unspecified atom stereocenters. The number of halogens is 1. The van der Waals surface area contributed by atoms with E-state index in [1.165, 1.54) is 24.1 Å². The summed E-state index contributed by atoms with van der Waals surface area (Å²) in [5.41, 5.74) is 5.36. The first-order chi connectivity index (χ1) is 10.9. The van der Waals surface area contributed by atoms with Gasteiger partial charge >= 0.3 is 0 Å². The molecule has 7 heteroatoms. The van der Waals surface area contributed by atoms with Crippen molar-refractivity contribution >= 4 is 23.4 Å². The minimum absolute atomic E-state index is 0.145. The number of methoxy groups -OCH3 is 1. The highest BCUT2D eigenvalue weighted by atomic mass is 35.5. The van der Waals surface area contributed by atoms with E-state index in [9.17, 15) is 9.59 Å². The molecular formula is C16H19ClN2O4. The summed E-state index contributed by atoms with van der Waals surface area (Å²) in [6.45, 7) is 7.63. The summed E-state index contributed by atoms with van der Waals surface area (Å²) in [4.78, 5) is 24.9. The summed E-state index contributed by atoms with van der Waals surface area (Å²) < 4.78 is 10.4. The number of hydrogen-bond acceptors (Lipinski definition) is 4. The monoisotopic (exact) mass is 338 g/mol. The Morgan fingerprint density at radius 1 is 1.30 bits per heavy atom. The molecule has 0 heterocycles. The van der Waals surface area contributed by atoms with Crippen LogP contribution >= 0.6 is 11.6 Å². The van der Waals surface area contributed by atoms with Gasteiger partial charge in [-0.25, -0.2) is 0 Å². The fourth-order valence-electron chi connectivity index (χ4n) is 1.86. The molecule has 0 spiro atoms. The standard InChI is InChI=1S/C16H19ClN2O4/c1-4-6-19(7-5-2)16(21)11-8-12(17)15(13(9-11)22-3)23-10-14(18)20/h4-5,8-9H,1-2,6-7,10H2,3H3,(H2,18,20). The van der Waals surface area contributed by atoms with E-state index in [1.54, 1.807) is 12.2 Å². The number of amides is 2. The molecule has 0 fully saturated rings. The molecule has 0 atom stereocenters. The number of carbonyl (C=O) groups excluding carboxylic acids is 2. The highest BCUT2D eigenvalue weighted by Crippen LogP contribution is 2.36. The molecule has 0 bridgehead atoms. The van der Waals surface area contributed by atoms with Crippen molar-refractivity contribution in [2.75, 3.05) is 26.8 Å². The average molecular weight is 339 g/mol. The minimum atomic E-state index is -0.647. The van der Waals surface area contributed by atoms with Gasteiger partial charge < -0.3 is 20.1 Å². The Hall–Kier alpha value is -2.47. The summed E-state index contributed by atoms with van der Waals surface area (Å²) in [5, 5.41) is 0.145. The van der Waals surface area contributed by atoms with E-state index in [1.807, 2.05) is 0 Å². The first kappa shape index (κ1) is 18.6. The number of benzene rings is 1. The topological polar surface area (TPSA) is 81.9 Å². The number of ether oxygens (including phenoxy) is 2. The Morgan fingerprint density at radius 3 is 2.39 bits per heavy atom. The summed E-state index contributed by atoms with van der Waals surface area (Å²) in [7, 11) is 1.41. The van der Waals surface area contributed by atoms with Gasteiger partial charge in [-0.1, -0.05) is 23.8 Å². The van der Waals surface area contributed by atoms with Gasteiger partial charge in [-0.05, 0) is 12.1 Å². The van der Waals surface area contributed by atoms with Crippen LogP contribution in [0.25, 0.3) is 0 Å². The number of nitrogens with zero attached hydrogens (tertiary/aromatic N) is 1. The van der Waals surface area contributed by atoms with E-state index < -0.39 is 5.91 Å². The Morgan fingerprint density at radius 2 is 1.91 bits per heavy atom. The third-order valence-electron chi connectivity index (χ3n) is 2.82. The molecule has 0 aliphatic heterocycles. The molecule has 0 aliphatic carbocycles. The van der Waals surface area contributed by atoms with Gasteiger partial charge in [-0.15, -0.1) is 13.2 Å². The van der Waals surface area contributed by atoms with E-state index in [0.717, 1.165) is 0 Å². The van der Waals surface area contributed by atoms with Crippen LogP contribution in [0.4, 0.5) is 0 Å². The summed E-state index contributed by atoms with van der Waals surface area (Å²) >= 11 is 6.13. The van der Waals surface area contributed by atoms with Crippen molar-refractivity contribution in [1.82, 2.24) is 4.90 Å². The number of rotatable bonds is 9. The predicted octanol–water partition coefficient (Wildman–Crippen LogP) is 2.03. The van der Waals surface area contributed by atoms with Crippen LogP contribution in [-0.4, -0.2) is 43.5 Å². The largest absolute Gasteiger partial charge is 0.493 e. The SMILES string of the molecule is C=CCN(CC=C)C(=O)c1cc(Cl)c(OCC(N)=O)c(OC)c1. The van der Waals surface area contributed by atoms with Crippen LogP contribution in [-0.2, 0) is 4.79 Å². The maximum atomic E-state index is 12.5. The smallest absolute Gasteiger partial charge is 0.255 e. The van der Waals surface area contributed by atoms with Crippen molar-refractivity contribution in [1.29, 1.82) is 0 Å². The van der Waals surface area contributed by atoms with Crippen LogP contribution in [0.5, 0.6) is 11.5 Å². The predicted molar refractivity (Wildman–Crippen MR) is 89.0 cm³/mol. The highest BCUT2D eigenvalue weighted by molar-refractivity contribution is 6.32. The van der Waals surface area contributed by atoms with Crippen LogP contribution < -0.4 is 15.2 Å². The molecule has 2 N–H and O–H groups in total. The van der Waals surface area contributed by atoms with E-state index >= 15 is 0 Å². The Labute approximate surface area is 140 Å². The Balaban J connectivity index is 3.15. The summed E-state index contributed by atoms with van der Waals surface area (Å²) in [6.07, 6.45) is 3.23. The number of nitrogens with two attached hydrogens (primary N) is 1. The maximum absolute atomic E-state index is 12.5. The molecule has 0 saturated heterocycles. The van der Waals surface area contributed by atoms with Crippen LogP contribution in [0.2, 0.25) is 5.02 Å². The second-order valence-electron chi connectivity index (χ2n) is 4.53. The lowest BCUT2D eigenvalue weighted by atomic mass is 10.1. The first-order valence-corrected chi connectivity index (χ1v) is 7.12. The normalized spacial score (nSPS) is 9.83. The molecule has 0 aliphatic rings. The highest BCUT2D eigenvalue weighted by Gasteiger charge is 2.19. The van der Waals surface area contributed by atoms with Gasteiger partial charge in [-0.2, -0.15) is 0 Å². The Bertz CT molecular complexity index is 606. The third-order valence-corrected chi connectivity index (χ3v) is 3.10. The molecule has 1 aromatic rings. The van der Waals surface area contributed by atoms with Crippen LogP contribution in [0.3, 0.4) is 0 Å². The number of primary amides is 1. The molecule has 1 aromatic carbocycles. The second kappa shape index (κ2) is 8.85. The van der Waals surface area contributed by atoms with Gasteiger partial charge in [0.25, 0.3) is 11.8 Å². The lowest BCUT2D eigenvalue weighted by molar-refractivity contribution is -0.119. The van der Waals surface area contributed by atoms with Gasteiger partial charge in [0.1, 0.15) is 0 Å². The molecule has 124 valence electrons. The van der Waals surface area contributed by atoms with Gasteiger partial charge in [0.05, 0.1) is 12.1 Å². The van der Waals surface area contributed by atoms with E-state index in [0.29, 0.717) is 18.7 Å². The maximum Gasteiger partial charge on any atom is 0.255 e. The average Bonchev–Trinajstić information content (AvgIpc) is 2.51. The molecule has 2 amide bonds. The van der Waals surface area contributed by atoms with E-state index in [-0.39, 0.29) is 29.0 Å². The quantitative estimate of drug-likeness (QED) is 0.698. The molecule has 1 rings (SSSR count). The molecule has 6 nitrogen and oxygen atoms in total. The molecule has 23 heavy (non-hydrogen) atoms. The van der Waals surface area contributed by atoms with Crippen molar-refractivity contribution in [3.63, 3.8) is 0 Å². The van der Waals surface area contributed by atoms with E-state index in [4.69, 9.17) is 26.8 Å². The van der Waals surface area contributed by atoms with Crippen molar-refractivity contribution < 1.29 is 19.1 Å². The second-order valence-corrected chi connectivity index (χ2v) is 4.94. The Kier molecular flexibility index (Phi) is 7.15. The number of hydrogen-bond donors (Lipinski definition) is 1. The van der Waals surface area contributed by atoms with Crippen LogP contribution in [0.1, 0.15) is 10.4 Å². The summed E-state index contributed by atoms with van der Waals surface area (Å²) in [5.74, 6) is -0.513. The molecule has 0 saturated carbocycles. The summed E-state index contributed by atoms with van der Waals surface area (Å²) in [6, 6.07) is 2.94. The fourth-order valence-corrected chi connectivity index (χ4v) is 2.13. The minimum Gasteiger partial charge on any atom is -0.493 e. The van der Waals surface area contributed by atoms with Gasteiger partial charge in [-0.3, -0.25) is 9.59 Å². The van der Waals surface area contributed by atoms with Crippen LogP contribution in [0, 0.1) is 0 Å². The zero-order valence-electron chi connectivity index (χ0n) is 12.9. The number of carbonyl (C=O) groups is 2. The lowest BCUT2D eigenvalue weighted by Gasteiger charge is -2.20. The zero-order chi connectivity index (χ0) is 17.4. The lowest BCUT2D eigenvalue weighted by Crippen LogP contribution is -2.31. The van der Waals surface area contributed by atoms with Gasteiger partial charge in [0, 0.05) is 18.7 Å². The molecule has 0 aromatic heterocycles.